The van der Waals surface area contributed by atoms with Crippen LogP contribution < -0.4 is 5.32 Å². The van der Waals surface area contributed by atoms with Crippen LogP contribution in [0.25, 0.3) is 0 Å². The Morgan fingerprint density at radius 2 is 2.00 bits per heavy atom. The fourth-order valence-electron chi connectivity index (χ4n) is 3.88. The van der Waals surface area contributed by atoms with Crippen molar-refractivity contribution in [3.8, 4) is 0 Å². The van der Waals surface area contributed by atoms with Crippen LogP contribution in [0.5, 0.6) is 0 Å². The summed E-state index contributed by atoms with van der Waals surface area (Å²) in [4.78, 5) is 2.81. The summed E-state index contributed by atoms with van der Waals surface area (Å²) in [5.74, 6) is 0.810. The van der Waals surface area contributed by atoms with Gasteiger partial charge in [-0.2, -0.15) is 11.8 Å². The van der Waals surface area contributed by atoms with E-state index in [1.54, 1.807) is 0 Å². The second kappa shape index (κ2) is 7.90. The van der Waals surface area contributed by atoms with Gasteiger partial charge in [0.05, 0.1) is 0 Å². The molecule has 1 aliphatic heterocycles. The topological polar surface area (TPSA) is 15.3 Å². The van der Waals surface area contributed by atoms with Gasteiger partial charge in [0.1, 0.15) is 0 Å². The Morgan fingerprint density at radius 3 is 2.68 bits per heavy atom. The summed E-state index contributed by atoms with van der Waals surface area (Å²) < 4.78 is 0. The maximum Gasteiger partial charge on any atom is 0.0214 e. The Bertz CT molecular complexity index is 259. The third-order valence-electron chi connectivity index (χ3n) is 5.03. The minimum Gasteiger partial charge on any atom is -0.314 e. The molecular weight excluding hydrogens is 252 g/mol. The lowest BCUT2D eigenvalue weighted by molar-refractivity contribution is 0.0872. The number of likely N-dealkylation sites (tertiary alicyclic amines) is 1. The molecule has 1 saturated heterocycles. The molecule has 0 aromatic rings. The van der Waals surface area contributed by atoms with Gasteiger partial charge in [0, 0.05) is 23.9 Å². The quantitative estimate of drug-likeness (QED) is 0.833. The summed E-state index contributed by atoms with van der Waals surface area (Å²) in [5.41, 5.74) is 0. The SMILES string of the molecule is CCCNC1CCN(C2CCCCC2SC)CC1C. The van der Waals surface area contributed by atoms with Gasteiger partial charge in [-0.1, -0.05) is 26.7 Å². The molecule has 1 heterocycles. The van der Waals surface area contributed by atoms with Crippen molar-refractivity contribution < 1.29 is 0 Å². The van der Waals surface area contributed by atoms with Crippen LogP contribution in [-0.4, -0.2) is 48.1 Å². The summed E-state index contributed by atoms with van der Waals surface area (Å²) in [7, 11) is 0. The molecule has 0 aromatic heterocycles. The zero-order chi connectivity index (χ0) is 13.7. The van der Waals surface area contributed by atoms with Crippen molar-refractivity contribution in [3.05, 3.63) is 0 Å². The van der Waals surface area contributed by atoms with E-state index in [9.17, 15) is 0 Å². The molecule has 0 radical (unpaired) electrons. The molecule has 3 heteroatoms. The van der Waals surface area contributed by atoms with Crippen LogP contribution >= 0.6 is 11.8 Å². The van der Waals surface area contributed by atoms with Crippen LogP contribution in [0.2, 0.25) is 0 Å². The summed E-state index contributed by atoms with van der Waals surface area (Å²) in [6.07, 6.45) is 10.7. The van der Waals surface area contributed by atoms with Crippen LogP contribution in [0.3, 0.4) is 0 Å². The minimum atomic E-state index is 0.757. The first-order valence-electron chi connectivity index (χ1n) is 8.26. The van der Waals surface area contributed by atoms with Crippen molar-refractivity contribution >= 4 is 11.8 Å². The van der Waals surface area contributed by atoms with Crippen LogP contribution in [-0.2, 0) is 0 Å². The predicted molar refractivity (Wildman–Crippen MR) is 87.0 cm³/mol. The van der Waals surface area contributed by atoms with Gasteiger partial charge in [-0.15, -0.1) is 0 Å². The molecule has 112 valence electrons. The molecular formula is C16H32N2S. The van der Waals surface area contributed by atoms with E-state index >= 15 is 0 Å². The number of rotatable bonds is 5. The first-order valence-corrected chi connectivity index (χ1v) is 9.55. The highest BCUT2D eigenvalue weighted by atomic mass is 32.2. The highest BCUT2D eigenvalue weighted by Crippen LogP contribution is 2.33. The Hall–Kier alpha value is 0.270. The van der Waals surface area contributed by atoms with Crippen molar-refractivity contribution in [2.75, 3.05) is 25.9 Å². The first kappa shape index (κ1) is 15.7. The van der Waals surface area contributed by atoms with Crippen molar-refractivity contribution in [2.45, 2.75) is 69.7 Å². The summed E-state index contributed by atoms with van der Waals surface area (Å²) in [6.45, 7) is 8.51. The highest BCUT2D eigenvalue weighted by molar-refractivity contribution is 7.99. The number of nitrogens with zero attached hydrogens (tertiary/aromatic N) is 1. The lowest BCUT2D eigenvalue weighted by atomic mass is 9.88. The normalized spacial score (nSPS) is 37.4. The van der Waals surface area contributed by atoms with Crippen molar-refractivity contribution in [1.29, 1.82) is 0 Å². The smallest absolute Gasteiger partial charge is 0.0214 e. The molecule has 2 rings (SSSR count). The van der Waals surface area contributed by atoms with Crippen LogP contribution in [0.4, 0.5) is 0 Å². The number of hydrogen-bond acceptors (Lipinski definition) is 3. The average Bonchev–Trinajstić information content (AvgIpc) is 2.46. The van der Waals surface area contributed by atoms with E-state index in [1.807, 2.05) is 0 Å². The summed E-state index contributed by atoms with van der Waals surface area (Å²) in [5, 5.41) is 4.63. The maximum atomic E-state index is 3.74. The van der Waals surface area contributed by atoms with Gasteiger partial charge in [-0.3, -0.25) is 4.90 Å². The van der Waals surface area contributed by atoms with E-state index < -0.39 is 0 Å². The molecule has 2 fully saturated rings. The van der Waals surface area contributed by atoms with Crippen molar-refractivity contribution in [3.63, 3.8) is 0 Å². The second-order valence-electron chi connectivity index (χ2n) is 6.45. The van der Waals surface area contributed by atoms with E-state index in [2.05, 4.69) is 42.1 Å². The van der Waals surface area contributed by atoms with E-state index in [0.29, 0.717) is 0 Å². The van der Waals surface area contributed by atoms with Gasteiger partial charge in [0.25, 0.3) is 0 Å². The molecule has 2 aliphatic rings. The van der Waals surface area contributed by atoms with Gasteiger partial charge >= 0.3 is 0 Å². The molecule has 0 amide bonds. The minimum absolute atomic E-state index is 0.757. The standard InChI is InChI=1S/C16H32N2S/c1-4-10-17-14-9-11-18(12-13(14)2)15-7-5-6-8-16(15)19-3/h13-17H,4-12H2,1-3H3. The average molecular weight is 285 g/mol. The molecule has 19 heavy (non-hydrogen) atoms. The third-order valence-corrected chi connectivity index (χ3v) is 6.19. The van der Waals surface area contributed by atoms with Gasteiger partial charge < -0.3 is 5.32 Å². The Morgan fingerprint density at radius 1 is 1.21 bits per heavy atom. The molecule has 4 unspecified atom stereocenters. The Labute approximate surface area is 124 Å². The van der Waals surface area contributed by atoms with Gasteiger partial charge in [0.2, 0.25) is 0 Å². The maximum absolute atomic E-state index is 3.74. The fraction of sp³-hybridized carbons (Fsp3) is 1.00. The molecule has 0 aromatic carbocycles. The predicted octanol–water partition coefficient (Wildman–Crippen LogP) is 3.37. The molecule has 0 bridgehead atoms. The van der Waals surface area contributed by atoms with E-state index in [0.717, 1.165) is 23.3 Å². The van der Waals surface area contributed by atoms with Crippen LogP contribution in [0.15, 0.2) is 0 Å². The van der Waals surface area contributed by atoms with E-state index in [4.69, 9.17) is 0 Å². The number of thioether (sulfide) groups is 1. The van der Waals surface area contributed by atoms with Crippen LogP contribution in [0, 0.1) is 5.92 Å². The van der Waals surface area contributed by atoms with Crippen LogP contribution in [0.1, 0.15) is 52.4 Å². The second-order valence-corrected chi connectivity index (χ2v) is 7.52. The molecule has 1 N–H and O–H groups in total. The molecule has 2 nitrogen and oxygen atoms in total. The largest absolute Gasteiger partial charge is 0.314 e. The van der Waals surface area contributed by atoms with Crippen molar-refractivity contribution in [2.24, 2.45) is 5.92 Å². The summed E-state index contributed by atoms with van der Waals surface area (Å²) >= 11 is 2.11. The summed E-state index contributed by atoms with van der Waals surface area (Å²) in [6, 6.07) is 1.62. The fourth-order valence-corrected chi connectivity index (χ4v) is 4.91. The zero-order valence-electron chi connectivity index (χ0n) is 13.0. The van der Waals surface area contributed by atoms with Gasteiger partial charge in [0.15, 0.2) is 0 Å². The molecule has 1 aliphatic carbocycles. The zero-order valence-corrected chi connectivity index (χ0v) is 13.8. The number of hydrogen-bond donors (Lipinski definition) is 1. The van der Waals surface area contributed by atoms with E-state index in [-0.39, 0.29) is 0 Å². The number of nitrogens with one attached hydrogen (secondary N) is 1. The van der Waals surface area contributed by atoms with Crippen molar-refractivity contribution in [1.82, 2.24) is 10.2 Å². The molecule has 0 spiro atoms. The highest BCUT2D eigenvalue weighted by Gasteiger charge is 2.34. The lowest BCUT2D eigenvalue weighted by Crippen LogP contribution is -2.54. The molecule has 1 saturated carbocycles. The monoisotopic (exact) mass is 284 g/mol. The third kappa shape index (κ3) is 4.12. The molecule has 4 atom stereocenters. The van der Waals surface area contributed by atoms with E-state index in [1.165, 1.54) is 58.2 Å². The lowest BCUT2D eigenvalue weighted by Gasteiger charge is -2.45. The van der Waals surface area contributed by atoms with Gasteiger partial charge in [-0.25, -0.2) is 0 Å². The Kier molecular flexibility index (Phi) is 6.51. The number of piperidine rings is 1. The first-order chi connectivity index (χ1) is 9.26. The van der Waals surface area contributed by atoms with Gasteiger partial charge in [-0.05, 0) is 50.9 Å². The Balaban J connectivity index is 1.86.